The quantitative estimate of drug-likeness (QED) is 0.649. The van der Waals surface area contributed by atoms with Crippen molar-refractivity contribution in [3.8, 4) is 11.1 Å². The molecule has 0 saturated carbocycles. The van der Waals surface area contributed by atoms with Crippen LogP contribution in [0.1, 0.15) is 0 Å². The Bertz CT molecular complexity index is 1050. The van der Waals surface area contributed by atoms with E-state index in [1.807, 2.05) is 0 Å². The van der Waals surface area contributed by atoms with Crippen LogP contribution in [0.2, 0.25) is 0 Å². The highest BCUT2D eigenvalue weighted by molar-refractivity contribution is 7.89. The zero-order valence-electron chi connectivity index (χ0n) is 13.6. The van der Waals surface area contributed by atoms with Crippen LogP contribution in [0, 0.1) is 5.82 Å². The van der Waals surface area contributed by atoms with Gasteiger partial charge in [0.05, 0.1) is 17.1 Å². The normalized spacial score (nSPS) is 21.5. The van der Waals surface area contributed by atoms with Crippen molar-refractivity contribution in [3.05, 3.63) is 54.5 Å². The number of nitrogens with zero attached hydrogens (tertiary/aromatic N) is 1. The van der Waals surface area contributed by atoms with E-state index >= 15 is 0 Å². The third-order valence-electron chi connectivity index (χ3n) is 4.67. The molecule has 2 atom stereocenters. The van der Waals surface area contributed by atoms with Gasteiger partial charge in [-0.3, -0.25) is 0 Å². The third kappa shape index (κ3) is 2.80. The van der Waals surface area contributed by atoms with Crippen molar-refractivity contribution in [2.45, 2.75) is 17.1 Å². The Balaban J connectivity index is 1.66. The third-order valence-corrected chi connectivity index (χ3v) is 6.52. The van der Waals surface area contributed by atoms with Gasteiger partial charge in [0.25, 0.3) is 0 Å². The van der Waals surface area contributed by atoms with Crippen LogP contribution in [0.5, 0.6) is 0 Å². The molecule has 26 heavy (non-hydrogen) atoms. The summed E-state index contributed by atoms with van der Waals surface area (Å²) in [6.45, 7) is -0.251. The number of fused-ring (bicyclic) bond motifs is 1. The molecule has 1 aliphatic heterocycles. The van der Waals surface area contributed by atoms with Gasteiger partial charge >= 0.3 is 0 Å². The van der Waals surface area contributed by atoms with Gasteiger partial charge in [-0.2, -0.15) is 4.31 Å². The van der Waals surface area contributed by atoms with E-state index in [2.05, 4.69) is 4.98 Å². The number of halogens is 1. The predicted octanol–water partition coefficient (Wildman–Crippen LogP) is 1.70. The Morgan fingerprint density at radius 1 is 1.04 bits per heavy atom. The number of aromatic nitrogens is 1. The Hall–Kier alpha value is -2.26. The van der Waals surface area contributed by atoms with Crippen LogP contribution in [-0.2, 0) is 10.0 Å². The van der Waals surface area contributed by atoms with Crippen LogP contribution in [0.3, 0.4) is 0 Å². The van der Waals surface area contributed by atoms with Crippen molar-refractivity contribution < 1.29 is 23.0 Å². The molecule has 0 spiro atoms. The lowest BCUT2D eigenvalue weighted by atomic mass is 10.1. The van der Waals surface area contributed by atoms with Crippen molar-refractivity contribution >= 4 is 20.9 Å². The number of benzene rings is 2. The van der Waals surface area contributed by atoms with Gasteiger partial charge in [0.2, 0.25) is 10.0 Å². The molecule has 3 aromatic rings. The highest BCUT2D eigenvalue weighted by Crippen LogP contribution is 2.30. The van der Waals surface area contributed by atoms with E-state index in [4.69, 9.17) is 0 Å². The minimum absolute atomic E-state index is 0.0911. The summed E-state index contributed by atoms with van der Waals surface area (Å²) in [7, 11) is -3.78. The van der Waals surface area contributed by atoms with Crippen molar-refractivity contribution in [1.29, 1.82) is 0 Å². The number of aromatic amines is 1. The average Bonchev–Trinajstić information content (AvgIpc) is 3.18. The van der Waals surface area contributed by atoms with Crippen molar-refractivity contribution in [1.82, 2.24) is 9.29 Å². The van der Waals surface area contributed by atoms with Gasteiger partial charge in [-0.05, 0) is 35.9 Å². The van der Waals surface area contributed by atoms with Crippen LogP contribution in [0.25, 0.3) is 22.0 Å². The van der Waals surface area contributed by atoms with E-state index in [0.717, 1.165) is 20.8 Å². The number of H-pyrrole nitrogens is 1. The van der Waals surface area contributed by atoms with Gasteiger partial charge < -0.3 is 15.2 Å². The minimum Gasteiger partial charge on any atom is -0.389 e. The maximum Gasteiger partial charge on any atom is 0.243 e. The van der Waals surface area contributed by atoms with Gasteiger partial charge in [0.1, 0.15) is 5.82 Å². The molecule has 2 aromatic carbocycles. The largest absolute Gasteiger partial charge is 0.389 e. The molecule has 0 amide bonds. The molecule has 3 N–H and O–H groups in total. The van der Waals surface area contributed by atoms with Gasteiger partial charge in [0.15, 0.2) is 0 Å². The summed E-state index contributed by atoms with van der Waals surface area (Å²) in [4.78, 5) is 3.10. The molecule has 0 unspecified atom stereocenters. The molecule has 0 radical (unpaired) electrons. The maximum absolute atomic E-state index is 13.3. The predicted molar refractivity (Wildman–Crippen MR) is 94.5 cm³/mol. The molecule has 1 aliphatic rings. The standard InChI is InChI=1S/C18H17FN2O4S/c19-12-3-6-14-15(8-20-16(14)7-12)11-1-4-13(5-2-11)26(24,25)21-9-17(22)18(23)10-21/h1-8,17-18,20,22-23H,9-10H2/t17-,18-/m0/s1. The number of hydrogen-bond donors (Lipinski definition) is 3. The fraction of sp³-hybridized carbons (Fsp3) is 0.222. The summed E-state index contributed by atoms with van der Waals surface area (Å²) in [6.07, 6.45) is -0.396. The lowest BCUT2D eigenvalue weighted by Gasteiger charge is -2.15. The molecule has 8 heteroatoms. The minimum atomic E-state index is -3.78. The van der Waals surface area contributed by atoms with E-state index in [1.54, 1.807) is 24.4 Å². The first-order valence-corrected chi connectivity index (χ1v) is 9.53. The number of β-amino-alcohol motifs (C(OH)–C–C–N with tert-alkyl or cyclic N) is 2. The Kier molecular flexibility index (Phi) is 4.07. The Morgan fingerprint density at radius 3 is 2.35 bits per heavy atom. The highest BCUT2D eigenvalue weighted by Gasteiger charge is 2.37. The Labute approximate surface area is 149 Å². The molecule has 0 aliphatic carbocycles. The number of aliphatic hydroxyl groups excluding tert-OH is 2. The monoisotopic (exact) mass is 376 g/mol. The van der Waals surface area contributed by atoms with Crippen LogP contribution in [0.15, 0.2) is 53.6 Å². The topological polar surface area (TPSA) is 93.6 Å². The number of rotatable bonds is 3. The van der Waals surface area contributed by atoms with Crippen LogP contribution in [-0.4, -0.2) is 53.2 Å². The number of hydrogen-bond acceptors (Lipinski definition) is 4. The average molecular weight is 376 g/mol. The molecule has 1 saturated heterocycles. The van der Waals surface area contributed by atoms with E-state index < -0.39 is 22.2 Å². The fourth-order valence-corrected chi connectivity index (χ4v) is 4.70. The number of aliphatic hydroxyl groups is 2. The Morgan fingerprint density at radius 2 is 1.69 bits per heavy atom. The summed E-state index contributed by atoms with van der Waals surface area (Å²) in [5, 5.41) is 20.0. The lowest BCUT2D eigenvalue weighted by Crippen LogP contribution is -2.29. The number of nitrogens with one attached hydrogen (secondary N) is 1. The molecule has 2 heterocycles. The first-order valence-electron chi connectivity index (χ1n) is 8.09. The van der Waals surface area contributed by atoms with Crippen LogP contribution < -0.4 is 0 Å². The zero-order chi connectivity index (χ0) is 18.5. The molecule has 136 valence electrons. The van der Waals surface area contributed by atoms with Crippen molar-refractivity contribution in [2.75, 3.05) is 13.1 Å². The molecular weight excluding hydrogens is 359 g/mol. The van der Waals surface area contributed by atoms with E-state index in [9.17, 15) is 23.0 Å². The second-order valence-electron chi connectivity index (χ2n) is 6.37. The second kappa shape index (κ2) is 6.17. The lowest BCUT2D eigenvalue weighted by molar-refractivity contribution is 0.0572. The fourth-order valence-electron chi connectivity index (χ4n) is 3.22. The zero-order valence-corrected chi connectivity index (χ0v) is 14.4. The SMILES string of the molecule is O=S(=O)(c1ccc(-c2c[nH]c3cc(F)ccc23)cc1)N1C[C@H](O)[C@@H](O)C1. The molecule has 1 fully saturated rings. The van der Waals surface area contributed by atoms with Gasteiger partial charge in [0, 0.05) is 35.8 Å². The van der Waals surface area contributed by atoms with Gasteiger partial charge in [-0.25, -0.2) is 12.8 Å². The first kappa shape index (κ1) is 17.2. The molecular formula is C18H17FN2O4S. The summed E-state index contributed by atoms with van der Waals surface area (Å²) in [6, 6.07) is 10.8. The molecule has 0 bridgehead atoms. The number of sulfonamides is 1. The van der Waals surface area contributed by atoms with E-state index in [0.29, 0.717) is 5.52 Å². The van der Waals surface area contributed by atoms with Gasteiger partial charge in [-0.15, -0.1) is 0 Å². The summed E-state index contributed by atoms with van der Waals surface area (Å²) >= 11 is 0. The van der Waals surface area contributed by atoms with Crippen LogP contribution in [0.4, 0.5) is 4.39 Å². The maximum atomic E-state index is 13.3. The van der Waals surface area contributed by atoms with Crippen molar-refractivity contribution in [3.63, 3.8) is 0 Å². The second-order valence-corrected chi connectivity index (χ2v) is 8.31. The van der Waals surface area contributed by atoms with Crippen LogP contribution >= 0.6 is 0 Å². The smallest absolute Gasteiger partial charge is 0.243 e. The first-order chi connectivity index (χ1) is 12.4. The molecule has 1 aromatic heterocycles. The summed E-state index contributed by atoms with van der Waals surface area (Å²) in [5.41, 5.74) is 2.30. The molecule has 6 nitrogen and oxygen atoms in total. The summed E-state index contributed by atoms with van der Waals surface area (Å²) in [5.74, 6) is -0.331. The van der Waals surface area contributed by atoms with E-state index in [1.165, 1.54) is 24.3 Å². The van der Waals surface area contributed by atoms with E-state index in [-0.39, 0.29) is 23.8 Å². The highest BCUT2D eigenvalue weighted by atomic mass is 32.2. The summed E-state index contributed by atoms with van der Waals surface area (Å²) < 4.78 is 39.6. The van der Waals surface area contributed by atoms with Crippen molar-refractivity contribution in [2.24, 2.45) is 0 Å². The molecule has 4 rings (SSSR count). The van der Waals surface area contributed by atoms with Gasteiger partial charge in [-0.1, -0.05) is 12.1 Å².